The molecular weight excluding hydrogens is 348 g/mol. The van der Waals surface area contributed by atoms with Gasteiger partial charge >= 0.3 is 0 Å². The van der Waals surface area contributed by atoms with Crippen molar-refractivity contribution in [2.75, 3.05) is 51.2 Å². The number of benzene rings is 1. The molecule has 1 aliphatic rings. The Bertz CT molecular complexity index is 677. The summed E-state index contributed by atoms with van der Waals surface area (Å²) in [6.07, 6.45) is 0. The van der Waals surface area contributed by atoms with Gasteiger partial charge in [0, 0.05) is 56.0 Å². The fourth-order valence-electron chi connectivity index (χ4n) is 3.21. The Morgan fingerprint density at radius 2 is 1.85 bits per heavy atom. The number of anilines is 1. The van der Waals surface area contributed by atoms with E-state index in [1.54, 1.807) is 0 Å². The summed E-state index contributed by atoms with van der Waals surface area (Å²) in [5.41, 5.74) is 2.30. The topological polar surface area (TPSA) is 35.8 Å². The molecule has 2 aromatic rings. The van der Waals surface area contributed by atoms with Crippen molar-refractivity contribution < 1.29 is 4.52 Å². The molecule has 0 bridgehead atoms. The lowest BCUT2D eigenvalue weighted by Crippen LogP contribution is -2.48. The number of piperazine rings is 1. The van der Waals surface area contributed by atoms with Gasteiger partial charge < -0.3 is 9.42 Å². The van der Waals surface area contributed by atoms with E-state index in [4.69, 9.17) is 16.1 Å². The molecule has 1 fully saturated rings. The molecule has 0 spiro atoms. The SMILES string of the molecule is CC(C)c1cc(CN(C)CCN2CCN(c3ccc(Cl)cc3)CC2)on1. The van der Waals surface area contributed by atoms with Crippen LogP contribution in [0.3, 0.4) is 0 Å². The molecule has 1 aromatic carbocycles. The lowest BCUT2D eigenvalue weighted by molar-refractivity contribution is 0.201. The number of likely N-dealkylation sites (N-methyl/N-ethyl adjacent to an activating group) is 1. The second-order valence-electron chi connectivity index (χ2n) is 7.42. The van der Waals surface area contributed by atoms with Crippen LogP contribution in [-0.2, 0) is 6.54 Å². The average Bonchev–Trinajstić information content (AvgIpc) is 3.10. The third-order valence-electron chi connectivity index (χ3n) is 4.96. The van der Waals surface area contributed by atoms with Crippen LogP contribution in [0.2, 0.25) is 5.02 Å². The third kappa shape index (κ3) is 5.22. The van der Waals surface area contributed by atoms with Gasteiger partial charge in [0.15, 0.2) is 5.76 Å². The highest BCUT2D eigenvalue weighted by Gasteiger charge is 2.17. The summed E-state index contributed by atoms with van der Waals surface area (Å²) in [7, 11) is 2.14. The van der Waals surface area contributed by atoms with Gasteiger partial charge in [-0.1, -0.05) is 30.6 Å². The Hall–Kier alpha value is -1.56. The molecular formula is C20H29ClN4O. The Morgan fingerprint density at radius 3 is 2.46 bits per heavy atom. The quantitative estimate of drug-likeness (QED) is 0.736. The van der Waals surface area contributed by atoms with Crippen LogP contribution in [0.25, 0.3) is 0 Å². The van der Waals surface area contributed by atoms with Crippen LogP contribution >= 0.6 is 11.6 Å². The van der Waals surface area contributed by atoms with Crippen molar-refractivity contribution in [3.05, 3.63) is 46.8 Å². The Balaban J connectivity index is 1.39. The van der Waals surface area contributed by atoms with E-state index in [-0.39, 0.29) is 0 Å². The summed E-state index contributed by atoms with van der Waals surface area (Å²) < 4.78 is 5.44. The van der Waals surface area contributed by atoms with Crippen LogP contribution in [0.4, 0.5) is 5.69 Å². The first-order valence-corrected chi connectivity index (χ1v) is 9.76. The molecule has 5 nitrogen and oxygen atoms in total. The average molecular weight is 377 g/mol. The molecule has 26 heavy (non-hydrogen) atoms. The molecule has 0 radical (unpaired) electrons. The van der Waals surface area contributed by atoms with E-state index in [1.165, 1.54) is 5.69 Å². The molecule has 6 heteroatoms. The van der Waals surface area contributed by atoms with Crippen LogP contribution in [0.5, 0.6) is 0 Å². The zero-order valence-corrected chi connectivity index (χ0v) is 16.7. The second kappa shape index (κ2) is 8.89. The van der Waals surface area contributed by atoms with Crippen LogP contribution in [0.15, 0.2) is 34.9 Å². The summed E-state index contributed by atoms with van der Waals surface area (Å²) in [4.78, 5) is 7.26. The first-order chi connectivity index (χ1) is 12.5. The van der Waals surface area contributed by atoms with Crippen molar-refractivity contribution in [2.45, 2.75) is 26.3 Å². The fraction of sp³-hybridized carbons (Fsp3) is 0.550. The molecule has 0 amide bonds. The van der Waals surface area contributed by atoms with Crippen LogP contribution in [-0.4, -0.2) is 61.3 Å². The smallest absolute Gasteiger partial charge is 0.150 e. The van der Waals surface area contributed by atoms with Crippen LogP contribution < -0.4 is 4.90 Å². The van der Waals surface area contributed by atoms with E-state index in [0.29, 0.717) is 5.92 Å². The first kappa shape index (κ1) is 19.2. The van der Waals surface area contributed by atoms with Gasteiger partial charge in [-0.25, -0.2) is 0 Å². The van der Waals surface area contributed by atoms with Crippen molar-refractivity contribution in [1.82, 2.24) is 15.0 Å². The third-order valence-corrected chi connectivity index (χ3v) is 5.21. The highest BCUT2D eigenvalue weighted by Crippen LogP contribution is 2.19. The maximum Gasteiger partial charge on any atom is 0.150 e. The maximum atomic E-state index is 5.98. The maximum absolute atomic E-state index is 5.98. The standard InChI is InChI=1S/C20H29ClN4O/c1-16(2)20-14-19(26-22-20)15-23(3)8-9-24-10-12-25(13-11-24)18-6-4-17(21)5-7-18/h4-7,14,16H,8-13,15H2,1-3H3. The van der Waals surface area contributed by atoms with Crippen molar-refractivity contribution in [1.29, 1.82) is 0 Å². The highest BCUT2D eigenvalue weighted by atomic mass is 35.5. The first-order valence-electron chi connectivity index (χ1n) is 9.38. The summed E-state index contributed by atoms with van der Waals surface area (Å²) in [6.45, 7) is 11.5. The van der Waals surface area contributed by atoms with E-state index in [0.717, 1.165) is 62.3 Å². The Morgan fingerprint density at radius 1 is 1.15 bits per heavy atom. The molecule has 0 N–H and O–H groups in total. The van der Waals surface area contributed by atoms with Crippen LogP contribution in [0, 0.1) is 0 Å². The molecule has 1 saturated heterocycles. The van der Waals surface area contributed by atoms with E-state index in [9.17, 15) is 0 Å². The van der Waals surface area contributed by atoms with E-state index in [1.807, 2.05) is 12.1 Å². The monoisotopic (exact) mass is 376 g/mol. The fourth-order valence-corrected chi connectivity index (χ4v) is 3.34. The lowest BCUT2D eigenvalue weighted by Gasteiger charge is -2.36. The van der Waals surface area contributed by atoms with E-state index >= 15 is 0 Å². The lowest BCUT2D eigenvalue weighted by atomic mass is 10.1. The molecule has 142 valence electrons. The molecule has 0 aliphatic carbocycles. The molecule has 1 aliphatic heterocycles. The zero-order valence-electron chi connectivity index (χ0n) is 16.0. The van der Waals surface area contributed by atoms with Gasteiger partial charge in [0.05, 0.1) is 12.2 Å². The summed E-state index contributed by atoms with van der Waals surface area (Å²) in [5.74, 6) is 1.36. The molecule has 0 atom stereocenters. The predicted molar refractivity (Wildman–Crippen MR) is 107 cm³/mol. The largest absolute Gasteiger partial charge is 0.369 e. The van der Waals surface area contributed by atoms with Gasteiger partial charge in [0.2, 0.25) is 0 Å². The summed E-state index contributed by atoms with van der Waals surface area (Å²) in [6, 6.07) is 10.2. The zero-order chi connectivity index (χ0) is 18.5. The van der Waals surface area contributed by atoms with Gasteiger partial charge in [-0.15, -0.1) is 0 Å². The number of rotatable bonds is 7. The molecule has 1 aromatic heterocycles. The number of halogens is 1. The van der Waals surface area contributed by atoms with Gasteiger partial charge in [-0.2, -0.15) is 0 Å². The summed E-state index contributed by atoms with van der Waals surface area (Å²) >= 11 is 5.98. The minimum absolute atomic E-state index is 0.412. The van der Waals surface area contributed by atoms with Crippen LogP contribution in [0.1, 0.15) is 31.2 Å². The minimum Gasteiger partial charge on any atom is -0.369 e. The number of nitrogens with zero attached hydrogens (tertiary/aromatic N) is 4. The van der Waals surface area contributed by atoms with E-state index < -0.39 is 0 Å². The normalized spacial score (nSPS) is 16.0. The highest BCUT2D eigenvalue weighted by molar-refractivity contribution is 6.30. The van der Waals surface area contributed by atoms with Gasteiger partial charge in [0.25, 0.3) is 0 Å². The molecule has 3 rings (SSSR count). The predicted octanol–water partition coefficient (Wildman–Crippen LogP) is 3.71. The van der Waals surface area contributed by atoms with Gasteiger partial charge in [-0.05, 0) is 37.2 Å². The number of hydrogen-bond acceptors (Lipinski definition) is 5. The van der Waals surface area contributed by atoms with Crippen molar-refractivity contribution in [2.24, 2.45) is 0 Å². The van der Waals surface area contributed by atoms with Crippen molar-refractivity contribution in [3.8, 4) is 0 Å². The van der Waals surface area contributed by atoms with Crippen molar-refractivity contribution >= 4 is 17.3 Å². The minimum atomic E-state index is 0.412. The Kier molecular flexibility index (Phi) is 6.57. The second-order valence-corrected chi connectivity index (χ2v) is 7.85. The molecule has 0 unspecified atom stereocenters. The van der Waals surface area contributed by atoms with Gasteiger partial charge in [0.1, 0.15) is 0 Å². The summed E-state index contributed by atoms with van der Waals surface area (Å²) in [5, 5.41) is 4.93. The molecule has 0 saturated carbocycles. The molecule has 2 heterocycles. The van der Waals surface area contributed by atoms with Gasteiger partial charge in [-0.3, -0.25) is 9.80 Å². The number of aromatic nitrogens is 1. The van der Waals surface area contributed by atoms with Crippen molar-refractivity contribution in [3.63, 3.8) is 0 Å². The Labute approximate surface area is 161 Å². The van der Waals surface area contributed by atoms with E-state index in [2.05, 4.69) is 59.0 Å². The number of hydrogen-bond donors (Lipinski definition) is 0.